The lowest BCUT2D eigenvalue weighted by molar-refractivity contribution is 0.666. The van der Waals surface area contributed by atoms with Crippen LogP contribution in [-0.4, -0.2) is 23.1 Å². The monoisotopic (exact) mass is 327 g/mol. The highest BCUT2D eigenvalue weighted by molar-refractivity contribution is 5.75. The van der Waals surface area contributed by atoms with Gasteiger partial charge in [0.2, 0.25) is 5.78 Å². The van der Waals surface area contributed by atoms with Gasteiger partial charge in [-0.15, -0.1) is 0 Å². The Balaban J connectivity index is 2.41. The molecule has 126 valence electrons. The molecule has 0 unspecified atom stereocenters. The Hall–Kier alpha value is -2.83. The Labute approximate surface area is 138 Å². The summed E-state index contributed by atoms with van der Waals surface area (Å²) in [6.07, 6.45) is 9.49. The minimum absolute atomic E-state index is 0.253. The third-order valence-corrected chi connectivity index (χ3v) is 4.19. The van der Waals surface area contributed by atoms with Crippen LogP contribution in [0.1, 0.15) is 19.5 Å². The molecule has 0 bridgehead atoms. The summed E-state index contributed by atoms with van der Waals surface area (Å²) in [7, 11) is 1.64. The molecule has 3 rings (SSSR count). The predicted octanol–water partition coefficient (Wildman–Crippen LogP) is 1.61. The lowest BCUT2D eigenvalue weighted by atomic mass is 10.4. The van der Waals surface area contributed by atoms with Crippen LogP contribution in [0.25, 0.3) is 16.9 Å². The maximum Gasteiger partial charge on any atom is 0.332 e. The average molecular weight is 327 g/mol. The van der Waals surface area contributed by atoms with Crippen molar-refractivity contribution >= 4 is 16.9 Å². The first-order valence-electron chi connectivity index (χ1n) is 7.91. The zero-order valence-corrected chi connectivity index (χ0v) is 14.4. The number of hydrogen-bond donors (Lipinski definition) is 0. The fourth-order valence-corrected chi connectivity index (χ4v) is 2.86. The van der Waals surface area contributed by atoms with Gasteiger partial charge in [0.15, 0.2) is 11.2 Å². The Morgan fingerprint density at radius 3 is 2.33 bits per heavy atom. The van der Waals surface area contributed by atoms with Gasteiger partial charge in [0, 0.05) is 32.0 Å². The normalized spacial score (nSPS) is 12.5. The Morgan fingerprint density at radius 2 is 1.71 bits per heavy atom. The van der Waals surface area contributed by atoms with Crippen LogP contribution in [-0.2, 0) is 20.1 Å². The van der Waals surface area contributed by atoms with Crippen LogP contribution in [0.5, 0.6) is 0 Å². The van der Waals surface area contributed by atoms with Crippen molar-refractivity contribution in [2.75, 3.05) is 0 Å². The third kappa shape index (κ3) is 2.24. The van der Waals surface area contributed by atoms with E-state index in [2.05, 4.69) is 4.98 Å². The van der Waals surface area contributed by atoms with Crippen LogP contribution in [0.4, 0.5) is 0 Å². The van der Waals surface area contributed by atoms with Crippen LogP contribution in [0, 0.1) is 6.92 Å². The summed E-state index contributed by atoms with van der Waals surface area (Å²) in [5, 5.41) is 0. The quantitative estimate of drug-likeness (QED) is 0.684. The minimum Gasteiger partial charge on any atom is -0.310 e. The number of nitrogens with zero attached hydrogens (tertiary/aromatic N) is 5. The highest BCUT2D eigenvalue weighted by Gasteiger charge is 2.19. The second-order valence-corrected chi connectivity index (χ2v) is 5.73. The lowest BCUT2D eigenvalue weighted by Gasteiger charge is -2.05. The largest absolute Gasteiger partial charge is 0.332 e. The van der Waals surface area contributed by atoms with Gasteiger partial charge in [0.1, 0.15) is 0 Å². The molecule has 0 amide bonds. The van der Waals surface area contributed by atoms with Crippen molar-refractivity contribution in [3.8, 4) is 0 Å². The number of rotatable bonds is 4. The van der Waals surface area contributed by atoms with Crippen molar-refractivity contribution in [1.29, 1.82) is 0 Å². The first kappa shape index (κ1) is 16.0. The van der Waals surface area contributed by atoms with Crippen LogP contribution in [0.3, 0.4) is 0 Å². The van der Waals surface area contributed by atoms with E-state index < -0.39 is 0 Å². The SMILES string of the molecule is C/C=C\Cn1c(=O)c2c(nc3n(C/C=C/C)c(C)cn23)n(C)c1=O. The first-order valence-corrected chi connectivity index (χ1v) is 7.91. The second kappa shape index (κ2) is 5.99. The standard InChI is InChI=1S/C17H21N5O2/c1-5-7-9-20-12(3)11-22-13-14(18-16(20)22)19(4)17(24)21(15(13)23)10-8-6-2/h5-8,11H,9-10H2,1-4H3/b7-5+,8-6-. The summed E-state index contributed by atoms with van der Waals surface area (Å²) in [5.41, 5.74) is 1.17. The summed E-state index contributed by atoms with van der Waals surface area (Å²) in [5.74, 6) is 0.663. The number of allylic oxidation sites excluding steroid dienone is 4. The number of aromatic nitrogens is 5. The molecule has 0 aliphatic carbocycles. The molecule has 7 nitrogen and oxygen atoms in total. The van der Waals surface area contributed by atoms with E-state index in [4.69, 9.17) is 0 Å². The number of hydrogen-bond acceptors (Lipinski definition) is 3. The molecule has 0 atom stereocenters. The van der Waals surface area contributed by atoms with Crippen molar-refractivity contribution < 1.29 is 0 Å². The van der Waals surface area contributed by atoms with E-state index in [1.165, 1.54) is 9.13 Å². The summed E-state index contributed by atoms with van der Waals surface area (Å²) < 4.78 is 6.46. The second-order valence-electron chi connectivity index (χ2n) is 5.73. The van der Waals surface area contributed by atoms with E-state index in [0.717, 1.165) is 5.69 Å². The molecule has 7 heteroatoms. The zero-order chi connectivity index (χ0) is 17.4. The van der Waals surface area contributed by atoms with Gasteiger partial charge in [-0.25, -0.2) is 4.79 Å². The minimum atomic E-state index is -0.358. The molecule has 3 heterocycles. The fraction of sp³-hybridized carbons (Fsp3) is 0.353. The molecule has 0 aliphatic heterocycles. The van der Waals surface area contributed by atoms with Crippen LogP contribution >= 0.6 is 0 Å². The fourth-order valence-electron chi connectivity index (χ4n) is 2.86. The number of fused-ring (bicyclic) bond motifs is 3. The van der Waals surface area contributed by atoms with Crippen molar-refractivity contribution in [3.05, 3.63) is 57.0 Å². The van der Waals surface area contributed by atoms with Gasteiger partial charge < -0.3 is 4.57 Å². The van der Waals surface area contributed by atoms with Crippen LogP contribution in [0.2, 0.25) is 0 Å². The van der Waals surface area contributed by atoms with E-state index in [9.17, 15) is 9.59 Å². The highest BCUT2D eigenvalue weighted by atomic mass is 16.2. The van der Waals surface area contributed by atoms with Gasteiger partial charge in [-0.2, -0.15) is 4.98 Å². The maximum atomic E-state index is 12.8. The van der Waals surface area contributed by atoms with E-state index >= 15 is 0 Å². The van der Waals surface area contributed by atoms with Crippen molar-refractivity contribution in [2.24, 2.45) is 7.05 Å². The van der Waals surface area contributed by atoms with Gasteiger partial charge in [-0.3, -0.25) is 18.3 Å². The lowest BCUT2D eigenvalue weighted by Crippen LogP contribution is -2.39. The van der Waals surface area contributed by atoms with Gasteiger partial charge in [-0.05, 0) is 20.8 Å². The maximum absolute atomic E-state index is 12.8. The number of aryl methyl sites for hydroxylation is 2. The molecular weight excluding hydrogens is 306 g/mol. The molecule has 3 aromatic rings. The topological polar surface area (TPSA) is 66.2 Å². The summed E-state index contributed by atoms with van der Waals surface area (Å²) in [6.45, 7) is 6.72. The van der Waals surface area contributed by atoms with Crippen molar-refractivity contribution in [3.63, 3.8) is 0 Å². The van der Waals surface area contributed by atoms with E-state index in [1.54, 1.807) is 17.5 Å². The molecule has 0 spiro atoms. The Bertz CT molecular complexity index is 1090. The molecule has 0 N–H and O–H groups in total. The average Bonchev–Trinajstić information content (AvgIpc) is 3.06. The molecule has 0 aliphatic rings. The Kier molecular flexibility index (Phi) is 4.01. The summed E-state index contributed by atoms with van der Waals surface area (Å²) >= 11 is 0. The first-order chi connectivity index (χ1) is 11.5. The molecule has 0 saturated carbocycles. The molecule has 24 heavy (non-hydrogen) atoms. The van der Waals surface area contributed by atoms with Gasteiger partial charge in [0.25, 0.3) is 5.56 Å². The molecule has 3 aromatic heterocycles. The predicted molar refractivity (Wildman–Crippen MR) is 94.6 cm³/mol. The molecule has 0 radical (unpaired) electrons. The summed E-state index contributed by atoms with van der Waals surface area (Å²) in [6, 6.07) is 0. The van der Waals surface area contributed by atoms with E-state index in [-0.39, 0.29) is 17.8 Å². The van der Waals surface area contributed by atoms with Gasteiger partial charge in [-0.1, -0.05) is 24.3 Å². The van der Waals surface area contributed by atoms with Crippen LogP contribution in [0.15, 0.2) is 40.1 Å². The van der Waals surface area contributed by atoms with Gasteiger partial charge >= 0.3 is 5.69 Å². The molecule has 0 aromatic carbocycles. The zero-order valence-electron chi connectivity index (χ0n) is 14.4. The van der Waals surface area contributed by atoms with E-state index in [0.29, 0.717) is 23.5 Å². The van der Waals surface area contributed by atoms with Crippen molar-refractivity contribution in [2.45, 2.75) is 33.9 Å². The molecule has 0 fully saturated rings. The van der Waals surface area contributed by atoms with Gasteiger partial charge in [0.05, 0.1) is 0 Å². The molecular formula is C17H21N5O2. The van der Waals surface area contributed by atoms with Crippen molar-refractivity contribution in [1.82, 2.24) is 23.1 Å². The van der Waals surface area contributed by atoms with E-state index in [1.807, 2.05) is 49.8 Å². The smallest absolute Gasteiger partial charge is 0.310 e. The third-order valence-electron chi connectivity index (χ3n) is 4.19. The van der Waals surface area contributed by atoms with Crippen LogP contribution < -0.4 is 11.2 Å². The number of imidazole rings is 2. The highest BCUT2D eigenvalue weighted by Crippen LogP contribution is 2.16. The Morgan fingerprint density at radius 1 is 1.08 bits per heavy atom. The summed E-state index contributed by atoms with van der Waals surface area (Å²) in [4.78, 5) is 29.9. The molecule has 0 saturated heterocycles.